The van der Waals surface area contributed by atoms with Gasteiger partial charge in [-0.1, -0.05) is 69.1 Å². The Morgan fingerprint density at radius 2 is 0.943 bits per heavy atom. The van der Waals surface area contributed by atoms with Crippen molar-refractivity contribution in [3.8, 4) is 17.4 Å². The van der Waals surface area contributed by atoms with Gasteiger partial charge in [0.2, 0.25) is 23.4 Å². The number of halogens is 2. The van der Waals surface area contributed by atoms with E-state index in [1.165, 1.54) is 37.6 Å². The molecule has 4 aromatic carbocycles. The molecule has 10 heterocycles. The van der Waals surface area contributed by atoms with Crippen molar-refractivity contribution in [3.63, 3.8) is 0 Å². The van der Waals surface area contributed by atoms with Gasteiger partial charge in [0.15, 0.2) is 11.6 Å². The number of Topliss-reactive ketones (excluding diaryl/α,β-unsaturated/α-hetero) is 2. The number of ether oxygens (including phenoxy) is 7. The van der Waals surface area contributed by atoms with Crippen molar-refractivity contribution in [2.24, 2.45) is 0 Å². The Morgan fingerprint density at radius 3 is 1.45 bits per heavy atom. The van der Waals surface area contributed by atoms with Crippen LogP contribution in [0.4, 0.5) is 4.39 Å². The van der Waals surface area contributed by atoms with Gasteiger partial charge in [0.05, 0.1) is 53.7 Å². The number of carbonyl (C=O) groups is 5. The molecule has 4 unspecified atom stereocenters. The van der Waals surface area contributed by atoms with Gasteiger partial charge in [-0.25, -0.2) is 19.9 Å². The summed E-state index contributed by atoms with van der Waals surface area (Å²) in [5.74, 6) is 2.21. The third-order valence-electron chi connectivity index (χ3n) is 15.9. The number of aromatic hydroxyl groups is 1. The molecule has 4 atom stereocenters. The maximum Gasteiger partial charge on any atom is 1.00 e. The number of hydrogen-bond acceptors (Lipinski definition) is 22. The maximum absolute atomic E-state index is 13.3. The van der Waals surface area contributed by atoms with Crippen molar-refractivity contribution < 1.29 is 252 Å². The molecule has 6 saturated heterocycles. The minimum atomic E-state index is -0.431. The van der Waals surface area contributed by atoms with Crippen LogP contribution in [0.5, 0.6) is 17.4 Å². The number of aromatic amines is 2. The van der Waals surface area contributed by atoms with Crippen LogP contribution in [0.3, 0.4) is 0 Å². The van der Waals surface area contributed by atoms with Gasteiger partial charge < -0.3 is 66.3 Å². The molecule has 8 aromatic rings. The number of benzene rings is 4. The fraction of sp³-hybridized carbons (Fsp3) is 0.480. The van der Waals surface area contributed by atoms with Crippen molar-refractivity contribution in [2.75, 3.05) is 79.3 Å². The summed E-state index contributed by atoms with van der Waals surface area (Å²) < 4.78 is 51.4. The molecule has 30 heteroatoms. The Kier molecular flexibility index (Phi) is 59.3. The van der Waals surface area contributed by atoms with Gasteiger partial charge in [0.1, 0.15) is 28.8 Å². The zero-order chi connectivity index (χ0) is 69.4. The van der Waals surface area contributed by atoms with Gasteiger partial charge in [-0.2, -0.15) is 4.39 Å². The molecular weight excluding hydrogens is 1710 g/mol. The molecule has 24 nitrogen and oxygen atoms in total. The molecule has 3 radical (unpaired) electrons. The first kappa shape index (κ1) is 102. The topological polar surface area (TPSA) is 332 Å². The monoisotopic (exact) mass is 1820 g/mol. The number of ketones is 4. The smallest absolute Gasteiger partial charge is 1.00 e. The van der Waals surface area contributed by atoms with E-state index in [2.05, 4.69) is 67.4 Å². The van der Waals surface area contributed by atoms with Crippen molar-refractivity contribution in [1.82, 2.24) is 39.9 Å². The van der Waals surface area contributed by atoms with Crippen LogP contribution in [-0.2, 0) is 47.7 Å². The molecule has 6 aliphatic heterocycles. The van der Waals surface area contributed by atoms with Gasteiger partial charge in [0.25, 0.3) is 6.47 Å². The third-order valence-corrected chi connectivity index (χ3v) is 17.1. The number of carbonyl (C=O) groups excluding carboxylic acids is 5. The summed E-state index contributed by atoms with van der Waals surface area (Å²) in [7, 11) is 0. The van der Waals surface area contributed by atoms with Gasteiger partial charge in [-0.05, 0) is 156 Å². The average molecular weight is 1820 g/mol. The fourth-order valence-electron chi connectivity index (χ4n) is 10.6. The Labute approximate surface area is 775 Å². The molecule has 4 N–H and O–H groups in total. The zero-order valence-corrected chi connectivity index (χ0v) is 75.3. The van der Waals surface area contributed by atoms with E-state index in [1.54, 1.807) is 55.0 Å². The number of alkyl halides is 1. The quantitative estimate of drug-likeness (QED) is 0.0303. The first-order valence-electron chi connectivity index (χ1n) is 33.3. The van der Waals surface area contributed by atoms with E-state index in [-0.39, 0.29) is 243 Å². The van der Waals surface area contributed by atoms with Gasteiger partial charge in [-0.3, -0.25) is 33.9 Å². The Hall–Kier alpha value is -2.76. The molecule has 105 heavy (non-hydrogen) atoms. The van der Waals surface area contributed by atoms with Crippen LogP contribution in [0, 0.1) is 5.95 Å². The number of imidazole rings is 2. The predicted molar refractivity (Wildman–Crippen MR) is 396 cm³/mol. The number of nitrogens with one attached hydrogen (secondary N) is 2. The molecular formula is C75H101BCs2FIN8NaO16. The number of rotatable bonds is 9. The molecule has 0 aliphatic carbocycles. The van der Waals surface area contributed by atoms with E-state index in [9.17, 15) is 28.7 Å². The summed E-state index contributed by atoms with van der Waals surface area (Å²) in [5, 5.41) is 26.6. The van der Waals surface area contributed by atoms with Crippen molar-refractivity contribution in [3.05, 3.63) is 162 Å². The molecule has 0 saturated carbocycles. The summed E-state index contributed by atoms with van der Waals surface area (Å²) in [6.45, 7) is 9.01. The second-order valence-corrected chi connectivity index (χ2v) is 24.9. The first-order chi connectivity index (χ1) is 47.9. The largest absolute Gasteiger partial charge is 1.00 e. The SMILES string of the molecule is C.C.C.Fc1nccnc1C1CCCOCC1.IC1CCCOCC1.O=C(c1ccc(O)cc1)c1nc2ccccc2[nH]1.O=C(c1ccc(Oc2nccnc2C2CCCOCC2)cc1)c1nc2ccccc2[nH]1.O=C1CCCOCC1.O=C1CCOCC1.O=CO[O-].OC1CCCOCC1.[B].[Cs+].[Cs+].[H-].[H-].[Na+]. The first-order valence-corrected chi connectivity index (χ1v) is 34.5. The normalized spacial score (nSPS) is 18.1. The molecule has 14 rings (SSSR count). The van der Waals surface area contributed by atoms with E-state index in [0.29, 0.717) is 97.4 Å². The van der Waals surface area contributed by atoms with Crippen LogP contribution in [0.15, 0.2) is 122 Å². The molecule has 4 aromatic heterocycles. The Bertz CT molecular complexity index is 3550. The van der Waals surface area contributed by atoms with E-state index >= 15 is 0 Å². The summed E-state index contributed by atoms with van der Waals surface area (Å²) in [6.07, 6.45) is 21.9. The van der Waals surface area contributed by atoms with Gasteiger partial charge in [0, 0.05) is 145 Å². The minimum Gasteiger partial charge on any atom is -1.00 e. The van der Waals surface area contributed by atoms with Gasteiger partial charge >= 0.3 is 167 Å². The number of fused-ring (bicyclic) bond motifs is 2. The number of aromatic nitrogens is 8. The van der Waals surface area contributed by atoms with Crippen LogP contribution in [0.25, 0.3) is 22.1 Å². The zero-order valence-electron chi connectivity index (χ0n) is 60.6. The van der Waals surface area contributed by atoms with Crippen molar-refractivity contribution in [2.45, 2.75) is 153 Å². The van der Waals surface area contributed by atoms with Crippen LogP contribution >= 0.6 is 22.6 Å². The number of para-hydroxylation sites is 4. The number of H-pyrrole nitrogens is 2. The van der Waals surface area contributed by atoms with E-state index in [4.69, 9.17) is 48.3 Å². The van der Waals surface area contributed by atoms with Gasteiger partial charge in [-0.15, -0.1) is 0 Å². The molecule has 6 aliphatic rings. The second kappa shape index (κ2) is 60.9. The summed E-state index contributed by atoms with van der Waals surface area (Å²) in [4.78, 5) is 88.5. The summed E-state index contributed by atoms with van der Waals surface area (Å²) in [5.41, 5.74) is 5.58. The number of aliphatic hydroxyl groups excluding tert-OH is 1. The molecule has 0 bridgehead atoms. The van der Waals surface area contributed by atoms with Crippen LogP contribution < -0.4 is 177 Å². The van der Waals surface area contributed by atoms with E-state index in [0.717, 1.165) is 155 Å². The Morgan fingerprint density at radius 1 is 0.533 bits per heavy atom. The predicted octanol–water partition coefficient (Wildman–Crippen LogP) is 3.92. The number of aliphatic hydroxyl groups is 1. The number of hydrogen-bond donors (Lipinski definition) is 4. The number of phenolic OH excluding ortho intramolecular Hbond substituents is 1. The fourth-order valence-corrected chi connectivity index (χ4v) is 11.3. The van der Waals surface area contributed by atoms with Crippen molar-refractivity contribution in [1.29, 1.82) is 0 Å². The van der Waals surface area contributed by atoms with Crippen LogP contribution in [-0.4, -0.2) is 177 Å². The van der Waals surface area contributed by atoms with Crippen molar-refractivity contribution >= 4 is 82.7 Å². The molecule has 0 spiro atoms. The standard InChI is InChI=1S/C24H22N4O3.C14H10N2O2.C10H13FN2O.C6H11IO.C6H12O2.C6H10O2.C5H8O2.CH2O3.3CH4.B.2Cs.Na.2H/c29-22(23-27-19-5-1-2-6-20(19)28-23)17-7-9-18(10-8-17)31-24-21(25-12-13-26-24)16-4-3-14-30-15-11-16;17-10-7-5-9(6-8-10)13(18)14-15-11-3-1-2-4-12(11)16-14;11-10-9(12-4-5-13-10)8-2-1-6-14-7-3-8;3*7-6-2-1-4-8-5-3-6;6-5-1-3-7-4-2-5;2-1-4-3;;;;;;;;;/h1-2,5-10,12-13,16H,3-4,11,14-15H2,(H,27,28);1-8,17H,(H,15,16);4-5,8H,1-3,6-7H2;6H,1-5H2;6-7H,1-5H2;1-5H2;1-4H2;1,3H;3*1H4;;;;;;/q;;;;;;;;;;;;3*+1;2*-1/p-1. The van der Waals surface area contributed by atoms with Crippen LogP contribution in [0.1, 0.15) is 190 Å². The molecule has 0 amide bonds. The minimum absolute atomic E-state index is 0. The third kappa shape index (κ3) is 39.3. The Balaban J connectivity index is -0.00000124. The van der Waals surface area contributed by atoms with E-state index < -0.39 is 5.95 Å². The van der Waals surface area contributed by atoms with Crippen LogP contribution in [0.2, 0.25) is 0 Å². The number of nitrogens with zero attached hydrogens (tertiary/aromatic N) is 6. The summed E-state index contributed by atoms with van der Waals surface area (Å²) >= 11 is 2.50. The summed E-state index contributed by atoms with van der Waals surface area (Å²) in [6, 6.07) is 28.2. The average Bonchev–Trinajstić information content (AvgIpc) is 1.12. The number of phenols is 1. The van der Waals surface area contributed by atoms with E-state index in [1.807, 2.05) is 48.5 Å². The molecule has 557 valence electrons. The second-order valence-electron chi connectivity index (χ2n) is 23.2. The maximum atomic E-state index is 13.3. The molecule has 6 fully saturated rings.